The van der Waals surface area contributed by atoms with Crippen LogP contribution in [-0.2, 0) is 9.53 Å². The van der Waals surface area contributed by atoms with Crippen molar-refractivity contribution < 1.29 is 19.4 Å². The van der Waals surface area contributed by atoms with E-state index in [-0.39, 0.29) is 12.5 Å². The van der Waals surface area contributed by atoms with Crippen LogP contribution in [0.5, 0.6) is 0 Å². The highest BCUT2D eigenvalue weighted by Gasteiger charge is 2.42. The van der Waals surface area contributed by atoms with Crippen LogP contribution in [0.4, 0.5) is 4.79 Å². The lowest BCUT2D eigenvalue weighted by molar-refractivity contribution is -0.141. The number of hydrogen-bond donors (Lipinski definition) is 2. The Morgan fingerprint density at radius 2 is 2.15 bits per heavy atom. The number of aromatic amines is 1. The molecule has 1 aromatic rings. The predicted octanol–water partition coefficient (Wildman–Crippen LogP) is 1.44. The molecule has 7 heteroatoms. The fourth-order valence-electron chi connectivity index (χ4n) is 2.32. The van der Waals surface area contributed by atoms with E-state index in [4.69, 9.17) is 4.74 Å². The van der Waals surface area contributed by atoms with Crippen LogP contribution in [0.1, 0.15) is 32.4 Å². The molecule has 7 nitrogen and oxygen atoms in total. The van der Waals surface area contributed by atoms with Crippen molar-refractivity contribution in [1.82, 2.24) is 15.1 Å². The number of ether oxygens (including phenoxy) is 1. The molecule has 2 N–H and O–H groups in total. The minimum Gasteiger partial charge on any atom is -0.481 e. The molecule has 0 aliphatic carbocycles. The SMILES string of the molecule is CC(C)(C)OC(=O)N1CC(C(=O)O)C(c2ccn[nH]2)C1. The van der Waals surface area contributed by atoms with Crippen LogP contribution in [0.25, 0.3) is 0 Å². The van der Waals surface area contributed by atoms with Crippen LogP contribution < -0.4 is 0 Å². The van der Waals surface area contributed by atoms with Crippen molar-refractivity contribution in [2.75, 3.05) is 13.1 Å². The summed E-state index contributed by atoms with van der Waals surface area (Å²) in [4.78, 5) is 24.8. The smallest absolute Gasteiger partial charge is 0.410 e. The van der Waals surface area contributed by atoms with Crippen LogP contribution in [0.3, 0.4) is 0 Å². The molecule has 1 fully saturated rings. The molecule has 1 aliphatic heterocycles. The van der Waals surface area contributed by atoms with Gasteiger partial charge in [-0.25, -0.2) is 4.79 Å². The Balaban J connectivity index is 2.12. The first-order valence-electron chi connectivity index (χ1n) is 6.48. The van der Waals surface area contributed by atoms with Crippen molar-refractivity contribution >= 4 is 12.1 Å². The van der Waals surface area contributed by atoms with Gasteiger partial charge >= 0.3 is 12.1 Å². The van der Waals surface area contributed by atoms with Gasteiger partial charge in [0, 0.05) is 30.9 Å². The van der Waals surface area contributed by atoms with Gasteiger partial charge in [-0.15, -0.1) is 0 Å². The molecule has 0 bridgehead atoms. The molecule has 1 saturated heterocycles. The van der Waals surface area contributed by atoms with Gasteiger partial charge in [0.25, 0.3) is 0 Å². The highest BCUT2D eigenvalue weighted by atomic mass is 16.6. The van der Waals surface area contributed by atoms with Gasteiger partial charge in [0.1, 0.15) is 5.60 Å². The third-order valence-corrected chi connectivity index (χ3v) is 3.21. The van der Waals surface area contributed by atoms with Gasteiger partial charge in [0.2, 0.25) is 0 Å². The average molecular weight is 281 g/mol. The number of amides is 1. The van der Waals surface area contributed by atoms with Gasteiger partial charge in [-0.3, -0.25) is 9.89 Å². The van der Waals surface area contributed by atoms with Crippen molar-refractivity contribution in [1.29, 1.82) is 0 Å². The lowest BCUT2D eigenvalue weighted by atomic mass is 9.93. The Hall–Kier alpha value is -2.05. The van der Waals surface area contributed by atoms with E-state index < -0.39 is 23.6 Å². The van der Waals surface area contributed by atoms with E-state index in [1.54, 1.807) is 33.0 Å². The number of rotatable bonds is 2. The normalized spacial score (nSPS) is 22.9. The molecule has 2 rings (SSSR count). The summed E-state index contributed by atoms with van der Waals surface area (Å²) in [6.45, 7) is 5.80. The van der Waals surface area contributed by atoms with E-state index in [1.807, 2.05) is 0 Å². The second-order valence-corrected chi connectivity index (χ2v) is 5.95. The molecule has 110 valence electrons. The van der Waals surface area contributed by atoms with E-state index in [1.165, 1.54) is 4.90 Å². The largest absolute Gasteiger partial charge is 0.481 e. The fourth-order valence-corrected chi connectivity index (χ4v) is 2.32. The molecule has 0 radical (unpaired) electrons. The van der Waals surface area contributed by atoms with Crippen molar-refractivity contribution in [3.05, 3.63) is 18.0 Å². The molecular formula is C13H19N3O4. The maximum absolute atomic E-state index is 12.0. The Bertz CT molecular complexity index is 492. The fraction of sp³-hybridized carbons (Fsp3) is 0.615. The number of carbonyl (C=O) groups is 2. The van der Waals surface area contributed by atoms with Crippen LogP contribution in [0.15, 0.2) is 12.3 Å². The van der Waals surface area contributed by atoms with E-state index in [0.717, 1.165) is 5.69 Å². The Morgan fingerprint density at radius 1 is 1.45 bits per heavy atom. The quantitative estimate of drug-likeness (QED) is 0.855. The standard InChI is InChI=1S/C13H19N3O4/c1-13(2,3)20-12(19)16-6-8(9(7-16)11(17)18)10-4-5-14-15-10/h4-5,8-9H,6-7H2,1-3H3,(H,14,15)(H,17,18). The van der Waals surface area contributed by atoms with Crippen molar-refractivity contribution in [2.24, 2.45) is 5.92 Å². The molecule has 2 heterocycles. The number of H-pyrrole nitrogens is 1. The molecule has 0 saturated carbocycles. The summed E-state index contributed by atoms with van der Waals surface area (Å²) in [5, 5.41) is 15.9. The molecule has 1 amide bonds. The maximum Gasteiger partial charge on any atom is 0.410 e. The zero-order valence-corrected chi connectivity index (χ0v) is 11.8. The number of hydrogen-bond acceptors (Lipinski definition) is 4. The summed E-state index contributed by atoms with van der Waals surface area (Å²) >= 11 is 0. The maximum atomic E-state index is 12.0. The molecule has 1 aliphatic rings. The zero-order chi connectivity index (χ0) is 14.9. The van der Waals surface area contributed by atoms with Gasteiger partial charge in [-0.2, -0.15) is 5.10 Å². The second-order valence-electron chi connectivity index (χ2n) is 5.95. The van der Waals surface area contributed by atoms with Gasteiger partial charge in [0.05, 0.1) is 5.92 Å². The van der Waals surface area contributed by atoms with Crippen molar-refractivity contribution in [2.45, 2.75) is 32.3 Å². The van der Waals surface area contributed by atoms with Crippen LogP contribution in [-0.4, -0.2) is 51.0 Å². The molecular weight excluding hydrogens is 262 g/mol. The van der Waals surface area contributed by atoms with Gasteiger partial charge in [0.15, 0.2) is 0 Å². The summed E-state index contributed by atoms with van der Waals surface area (Å²) < 4.78 is 5.28. The first kappa shape index (κ1) is 14.4. The zero-order valence-electron chi connectivity index (χ0n) is 11.8. The topological polar surface area (TPSA) is 95.5 Å². The number of nitrogens with zero attached hydrogens (tertiary/aromatic N) is 2. The summed E-state index contributed by atoms with van der Waals surface area (Å²) in [5.74, 6) is -1.86. The molecule has 2 unspecified atom stereocenters. The Morgan fingerprint density at radius 3 is 2.65 bits per heavy atom. The van der Waals surface area contributed by atoms with Gasteiger partial charge in [-0.1, -0.05) is 0 Å². The summed E-state index contributed by atoms with van der Waals surface area (Å²) in [6, 6.07) is 1.74. The second kappa shape index (κ2) is 5.15. The first-order valence-corrected chi connectivity index (χ1v) is 6.48. The highest BCUT2D eigenvalue weighted by Crippen LogP contribution is 2.32. The van der Waals surface area contributed by atoms with E-state index >= 15 is 0 Å². The number of carboxylic acid groups (broad SMARTS) is 1. The number of carbonyl (C=O) groups excluding carboxylic acids is 1. The number of aliphatic carboxylic acids is 1. The lowest BCUT2D eigenvalue weighted by Gasteiger charge is -2.24. The Labute approximate surface area is 116 Å². The van der Waals surface area contributed by atoms with Crippen LogP contribution in [0, 0.1) is 5.92 Å². The van der Waals surface area contributed by atoms with Crippen molar-refractivity contribution in [3.63, 3.8) is 0 Å². The van der Waals surface area contributed by atoms with Crippen LogP contribution in [0.2, 0.25) is 0 Å². The van der Waals surface area contributed by atoms with Gasteiger partial charge < -0.3 is 14.7 Å². The van der Waals surface area contributed by atoms with E-state index in [0.29, 0.717) is 6.54 Å². The van der Waals surface area contributed by atoms with E-state index in [9.17, 15) is 14.7 Å². The van der Waals surface area contributed by atoms with Crippen LogP contribution >= 0.6 is 0 Å². The minimum atomic E-state index is -0.921. The van der Waals surface area contributed by atoms with Gasteiger partial charge in [-0.05, 0) is 26.8 Å². The first-order chi connectivity index (χ1) is 9.28. The number of nitrogens with one attached hydrogen (secondary N) is 1. The minimum absolute atomic E-state index is 0.147. The summed E-state index contributed by atoms with van der Waals surface area (Å²) in [5.41, 5.74) is 0.130. The highest BCUT2D eigenvalue weighted by molar-refractivity contribution is 5.75. The summed E-state index contributed by atoms with van der Waals surface area (Å²) in [6.07, 6.45) is 1.09. The molecule has 2 atom stereocenters. The molecule has 20 heavy (non-hydrogen) atoms. The number of aromatic nitrogens is 2. The number of carboxylic acids is 1. The monoisotopic (exact) mass is 281 g/mol. The lowest BCUT2D eigenvalue weighted by Crippen LogP contribution is -2.35. The predicted molar refractivity (Wildman–Crippen MR) is 70.3 cm³/mol. The molecule has 0 spiro atoms. The summed E-state index contributed by atoms with van der Waals surface area (Å²) in [7, 11) is 0. The third kappa shape index (κ3) is 3.09. The third-order valence-electron chi connectivity index (χ3n) is 3.21. The number of likely N-dealkylation sites (tertiary alicyclic amines) is 1. The Kier molecular flexibility index (Phi) is 3.69. The van der Waals surface area contributed by atoms with Crippen molar-refractivity contribution in [3.8, 4) is 0 Å². The van der Waals surface area contributed by atoms with E-state index in [2.05, 4.69) is 10.2 Å². The average Bonchev–Trinajstić information content (AvgIpc) is 2.95. The molecule has 0 aromatic carbocycles. The molecule has 1 aromatic heterocycles.